The van der Waals surface area contributed by atoms with Gasteiger partial charge in [0.2, 0.25) is 0 Å². The summed E-state index contributed by atoms with van der Waals surface area (Å²) in [6.07, 6.45) is 4.16. The lowest BCUT2D eigenvalue weighted by atomic mass is 9.79. The van der Waals surface area contributed by atoms with Crippen molar-refractivity contribution in [2.75, 3.05) is 6.54 Å². The number of nitrogens with zero attached hydrogens (tertiary/aromatic N) is 1. The van der Waals surface area contributed by atoms with Gasteiger partial charge in [-0.3, -0.25) is 4.79 Å². The highest BCUT2D eigenvalue weighted by Gasteiger charge is 2.27. The molecule has 0 radical (unpaired) electrons. The van der Waals surface area contributed by atoms with Crippen LogP contribution in [0.1, 0.15) is 36.2 Å². The summed E-state index contributed by atoms with van der Waals surface area (Å²) in [5.74, 6) is 1.05. The highest BCUT2D eigenvalue weighted by Crippen LogP contribution is 2.30. The zero-order valence-electron chi connectivity index (χ0n) is 8.69. The number of aromatic nitrogens is 1. The van der Waals surface area contributed by atoms with Gasteiger partial charge >= 0.3 is 0 Å². The molecule has 82 valence electrons. The summed E-state index contributed by atoms with van der Waals surface area (Å²) in [7, 11) is 0. The summed E-state index contributed by atoms with van der Waals surface area (Å²) in [6, 6.07) is 0. The Morgan fingerprint density at radius 1 is 1.47 bits per heavy atom. The molecule has 15 heavy (non-hydrogen) atoms. The lowest BCUT2D eigenvalue weighted by molar-refractivity contribution is 0.0869. The van der Waals surface area contributed by atoms with Crippen LogP contribution in [0.5, 0.6) is 0 Å². The first kappa shape index (κ1) is 10.8. The van der Waals surface area contributed by atoms with E-state index in [2.05, 4.69) is 4.98 Å². The highest BCUT2D eigenvalue weighted by atomic mass is 32.1. The van der Waals surface area contributed by atoms with Crippen LogP contribution >= 0.6 is 11.3 Å². The predicted molar refractivity (Wildman–Crippen MR) is 60.9 cm³/mol. The number of carbonyl (C=O) groups is 1. The van der Waals surface area contributed by atoms with Crippen molar-refractivity contribution in [3.63, 3.8) is 0 Å². The third-order valence-electron chi connectivity index (χ3n) is 3.24. The quantitative estimate of drug-likeness (QED) is 0.800. The van der Waals surface area contributed by atoms with Gasteiger partial charge in [-0.15, -0.1) is 11.3 Å². The van der Waals surface area contributed by atoms with E-state index in [1.165, 1.54) is 11.3 Å². The van der Waals surface area contributed by atoms with E-state index in [9.17, 15) is 4.79 Å². The third-order valence-corrected chi connectivity index (χ3v) is 3.82. The Labute approximate surface area is 93.7 Å². The maximum atomic E-state index is 12.0. The van der Waals surface area contributed by atoms with Crippen molar-refractivity contribution in [2.45, 2.75) is 25.7 Å². The Kier molecular flexibility index (Phi) is 3.49. The van der Waals surface area contributed by atoms with E-state index in [-0.39, 0.29) is 11.7 Å². The van der Waals surface area contributed by atoms with Gasteiger partial charge in [-0.2, -0.15) is 0 Å². The van der Waals surface area contributed by atoms with Crippen LogP contribution in [0.2, 0.25) is 0 Å². The number of thiazole rings is 1. The molecule has 3 nitrogen and oxygen atoms in total. The average molecular weight is 224 g/mol. The van der Waals surface area contributed by atoms with Crippen LogP contribution in [0.3, 0.4) is 0 Å². The van der Waals surface area contributed by atoms with Gasteiger partial charge in [-0.25, -0.2) is 4.98 Å². The van der Waals surface area contributed by atoms with E-state index in [0.29, 0.717) is 11.6 Å². The largest absolute Gasteiger partial charge is 0.330 e. The van der Waals surface area contributed by atoms with Gasteiger partial charge in [0.25, 0.3) is 0 Å². The molecular weight excluding hydrogens is 208 g/mol. The summed E-state index contributed by atoms with van der Waals surface area (Å²) in [4.78, 5) is 16.0. The minimum Gasteiger partial charge on any atom is -0.330 e. The van der Waals surface area contributed by atoms with Crippen molar-refractivity contribution in [3.05, 3.63) is 16.6 Å². The van der Waals surface area contributed by atoms with E-state index in [0.717, 1.165) is 32.2 Å². The lowest BCUT2D eigenvalue weighted by Gasteiger charge is -2.26. The van der Waals surface area contributed by atoms with Gasteiger partial charge in [0, 0.05) is 11.3 Å². The monoisotopic (exact) mass is 224 g/mol. The molecule has 4 heteroatoms. The Balaban J connectivity index is 1.93. The van der Waals surface area contributed by atoms with Gasteiger partial charge < -0.3 is 5.73 Å². The molecule has 1 heterocycles. The van der Waals surface area contributed by atoms with Crippen LogP contribution in [0, 0.1) is 11.8 Å². The smallest absolute Gasteiger partial charge is 0.185 e. The van der Waals surface area contributed by atoms with Crippen LogP contribution in [-0.4, -0.2) is 17.3 Å². The molecule has 0 aliphatic heterocycles. The summed E-state index contributed by atoms with van der Waals surface area (Å²) in [5, 5.41) is 1.84. The van der Waals surface area contributed by atoms with Crippen molar-refractivity contribution < 1.29 is 4.79 Å². The fourth-order valence-corrected chi connectivity index (χ4v) is 2.74. The first-order chi connectivity index (χ1) is 7.31. The van der Waals surface area contributed by atoms with Gasteiger partial charge in [0.05, 0.1) is 5.51 Å². The number of hydrogen-bond acceptors (Lipinski definition) is 4. The molecule has 0 aromatic carbocycles. The number of nitrogens with two attached hydrogens (primary N) is 1. The molecule has 1 aliphatic rings. The SMILES string of the molecule is NCC1CCC(C(=O)c2cscn2)CC1. The summed E-state index contributed by atoms with van der Waals surface area (Å²) in [5.41, 5.74) is 7.99. The molecule has 1 fully saturated rings. The average Bonchev–Trinajstić information content (AvgIpc) is 2.82. The van der Waals surface area contributed by atoms with Crippen molar-refractivity contribution >= 4 is 17.1 Å². The van der Waals surface area contributed by atoms with E-state index >= 15 is 0 Å². The molecule has 0 amide bonds. The van der Waals surface area contributed by atoms with Crippen LogP contribution in [-0.2, 0) is 0 Å². The minimum atomic E-state index is 0.190. The first-order valence-corrected chi connectivity index (χ1v) is 6.38. The summed E-state index contributed by atoms with van der Waals surface area (Å²) < 4.78 is 0. The first-order valence-electron chi connectivity index (χ1n) is 5.43. The van der Waals surface area contributed by atoms with E-state index < -0.39 is 0 Å². The van der Waals surface area contributed by atoms with Crippen LogP contribution in [0.15, 0.2) is 10.9 Å². The van der Waals surface area contributed by atoms with Crippen molar-refractivity contribution in [3.8, 4) is 0 Å². The van der Waals surface area contributed by atoms with E-state index in [4.69, 9.17) is 5.73 Å². The molecular formula is C11H16N2OS. The molecule has 0 spiro atoms. The number of carbonyl (C=O) groups excluding carboxylic acids is 1. The molecule has 1 aromatic rings. The Morgan fingerprint density at radius 2 is 2.20 bits per heavy atom. The molecule has 2 N–H and O–H groups in total. The van der Waals surface area contributed by atoms with Crippen LogP contribution < -0.4 is 5.73 Å². The molecule has 0 saturated heterocycles. The molecule has 1 aliphatic carbocycles. The van der Waals surface area contributed by atoms with Crippen molar-refractivity contribution in [1.29, 1.82) is 0 Å². The number of ketones is 1. The number of rotatable bonds is 3. The van der Waals surface area contributed by atoms with E-state index in [1.807, 2.05) is 5.38 Å². The molecule has 0 bridgehead atoms. The standard InChI is InChI=1S/C11H16N2OS/c12-5-8-1-3-9(4-2-8)11(14)10-6-15-7-13-10/h6-9H,1-5,12H2. The highest BCUT2D eigenvalue weighted by molar-refractivity contribution is 7.07. The van der Waals surface area contributed by atoms with Gasteiger partial charge in [0.1, 0.15) is 5.69 Å². The second-order valence-corrected chi connectivity index (χ2v) is 4.91. The number of hydrogen-bond donors (Lipinski definition) is 1. The Morgan fingerprint density at radius 3 is 2.73 bits per heavy atom. The molecule has 1 saturated carbocycles. The number of Topliss-reactive ketones (excluding diaryl/α,β-unsaturated/α-hetero) is 1. The maximum absolute atomic E-state index is 12.0. The maximum Gasteiger partial charge on any atom is 0.185 e. The zero-order chi connectivity index (χ0) is 10.7. The minimum absolute atomic E-state index is 0.190. The summed E-state index contributed by atoms with van der Waals surface area (Å²) in [6.45, 7) is 0.762. The third kappa shape index (κ3) is 2.44. The molecule has 0 unspecified atom stereocenters. The molecule has 0 atom stereocenters. The fraction of sp³-hybridized carbons (Fsp3) is 0.636. The molecule has 1 aromatic heterocycles. The lowest BCUT2D eigenvalue weighted by Crippen LogP contribution is -2.25. The van der Waals surface area contributed by atoms with Gasteiger partial charge in [0.15, 0.2) is 5.78 Å². The predicted octanol–water partition coefficient (Wildman–Crippen LogP) is 2.09. The van der Waals surface area contributed by atoms with Gasteiger partial charge in [-0.05, 0) is 38.1 Å². The zero-order valence-corrected chi connectivity index (χ0v) is 9.50. The summed E-state index contributed by atoms with van der Waals surface area (Å²) >= 11 is 1.49. The van der Waals surface area contributed by atoms with E-state index in [1.54, 1.807) is 5.51 Å². The second kappa shape index (κ2) is 4.86. The van der Waals surface area contributed by atoms with Crippen molar-refractivity contribution in [2.24, 2.45) is 17.6 Å². The van der Waals surface area contributed by atoms with Gasteiger partial charge in [-0.1, -0.05) is 0 Å². The normalized spacial score (nSPS) is 26.5. The second-order valence-electron chi connectivity index (χ2n) is 4.19. The van der Waals surface area contributed by atoms with Crippen molar-refractivity contribution in [1.82, 2.24) is 4.98 Å². The molecule has 2 rings (SSSR count). The fourth-order valence-electron chi connectivity index (χ4n) is 2.20. The van der Waals surface area contributed by atoms with Crippen LogP contribution in [0.4, 0.5) is 0 Å². The topological polar surface area (TPSA) is 56.0 Å². The Bertz CT molecular complexity index is 315. The van der Waals surface area contributed by atoms with Crippen LogP contribution in [0.25, 0.3) is 0 Å². The Hall–Kier alpha value is -0.740.